The smallest absolute Gasteiger partial charge is 0.124 e. The Morgan fingerprint density at radius 1 is 0.673 bits per heavy atom. The lowest BCUT2D eigenvalue weighted by atomic mass is 9.84. The molecule has 0 N–H and O–H groups in total. The van der Waals surface area contributed by atoms with E-state index in [2.05, 4.69) is 67.6 Å². The van der Waals surface area contributed by atoms with Crippen LogP contribution in [-0.2, 0) is 49.9 Å². The van der Waals surface area contributed by atoms with Crippen LogP contribution in [0.25, 0.3) is 0 Å². The molecule has 2 fully saturated rings. The molecule has 2 saturated heterocycles. The van der Waals surface area contributed by atoms with Gasteiger partial charge in [0.05, 0.1) is 51.8 Å². The molecule has 0 saturated carbocycles. The van der Waals surface area contributed by atoms with E-state index in [1.807, 2.05) is 72.8 Å². The van der Waals surface area contributed by atoms with Crippen LogP contribution in [0.3, 0.4) is 0 Å². The zero-order chi connectivity index (χ0) is 35.5. The van der Waals surface area contributed by atoms with Gasteiger partial charge in [-0.2, -0.15) is 0 Å². The summed E-state index contributed by atoms with van der Waals surface area (Å²) in [4.78, 5) is 0. The first kappa shape index (κ1) is 36.4. The predicted octanol–water partition coefficient (Wildman–Crippen LogP) is 9.56. The second-order valence-electron chi connectivity index (χ2n) is 13.8. The van der Waals surface area contributed by atoms with Crippen molar-refractivity contribution >= 4 is 11.6 Å². The summed E-state index contributed by atoms with van der Waals surface area (Å²) in [6.45, 7) is 5.39. The minimum absolute atomic E-state index is 0.0200. The van der Waals surface area contributed by atoms with Gasteiger partial charge in [0.2, 0.25) is 0 Å². The molecule has 0 aliphatic carbocycles. The highest BCUT2D eigenvalue weighted by molar-refractivity contribution is 6.31. The van der Waals surface area contributed by atoms with Crippen LogP contribution in [0.2, 0.25) is 5.02 Å². The largest absolute Gasteiger partial charge is 0.488 e. The highest BCUT2D eigenvalue weighted by atomic mass is 35.5. The SMILES string of the molecule is C[C@H]1[C@@H](OCc2ccccc2)[C@H](c2ccc(Cl)c(Cc3ccc(O[C@H]4CCOC4)cc3)c2)O[C@H](COCc2ccccc2)[C@H]1OCc1ccccc1. The lowest BCUT2D eigenvalue weighted by Crippen LogP contribution is -2.53. The number of hydrogen-bond donors (Lipinski definition) is 0. The Bertz CT molecular complexity index is 1800. The van der Waals surface area contributed by atoms with E-state index in [1.165, 1.54) is 0 Å². The Hall–Kier alpha value is -4.01. The fourth-order valence-corrected chi connectivity index (χ4v) is 7.24. The van der Waals surface area contributed by atoms with Crippen LogP contribution < -0.4 is 4.74 Å². The molecule has 6 atom stereocenters. The molecule has 5 aromatic carbocycles. The zero-order valence-electron chi connectivity index (χ0n) is 29.7. The fourth-order valence-electron chi connectivity index (χ4n) is 7.06. The van der Waals surface area contributed by atoms with Crippen molar-refractivity contribution in [3.05, 3.63) is 172 Å². The van der Waals surface area contributed by atoms with Gasteiger partial charge in [-0.05, 0) is 58.0 Å². The number of ether oxygens (including phenoxy) is 6. The van der Waals surface area contributed by atoms with Gasteiger partial charge in [-0.25, -0.2) is 0 Å². The molecule has 0 spiro atoms. The maximum Gasteiger partial charge on any atom is 0.124 e. The second-order valence-corrected chi connectivity index (χ2v) is 14.2. The van der Waals surface area contributed by atoms with Crippen molar-refractivity contribution in [2.45, 2.75) is 70.1 Å². The van der Waals surface area contributed by atoms with Gasteiger partial charge in [0.1, 0.15) is 24.1 Å². The number of halogens is 1. The Kier molecular flexibility index (Phi) is 12.7. The van der Waals surface area contributed by atoms with Gasteiger partial charge in [0.25, 0.3) is 0 Å². The van der Waals surface area contributed by atoms with Crippen molar-refractivity contribution in [2.24, 2.45) is 5.92 Å². The normalized spacial score (nSPS) is 23.0. The van der Waals surface area contributed by atoms with Crippen LogP contribution in [0, 0.1) is 5.92 Å². The van der Waals surface area contributed by atoms with Crippen molar-refractivity contribution in [3.63, 3.8) is 0 Å². The van der Waals surface area contributed by atoms with Crippen LogP contribution in [0.4, 0.5) is 0 Å². The molecule has 2 heterocycles. The van der Waals surface area contributed by atoms with Gasteiger partial charge in [-0.3, -0.25) is 0 Å². The minimum atomic E-state index is -0.374. The molecule has 7 heteroatoms. The van der Waals surface area contributed by atoms with Gasteiger partial charge in [-0.15, -0.1) is 0 Å². The lowest BCUT2D eigenvalue weighted by Gasteiger charge is -2.46. The van der Waals surface area contributed by atoms with E-state index in [0.29, 0.717) is 44.5 Å². The first-order valence-electron chi connectivity index (χ1n) is 18.3. The number of benzene rings is 5. The lowest BCUT2D eigenvalue weighted by molar-refractivity contribution is -0.242. The maximum absolute atomic E-state index is 7.06. The predicted molar refractivity (Wildman–Crippen MR) is 203 cm³/mol. The van der Waals surface area contributed by atoms with Crippen LogP contribution in [0.5, 0.6) is 5.75 Å². The number of hydrogen-bond acceptors (Lipinski definition) is 6. The minimum Gasteiger partial charge on any atom is -0.488 e. The molecule has 2 aliphatic heterocycles. The molecular formula is C45H47ClO6. The van der Waals surface area contributed by atoms with Crippen LogP contribution in [-0.4, -0.2) is 44.2 Å². The van der Waals surface area contributed by atoms with Crippen molar-refractivity contribution in [1.82, 2.24) is 0 Å². The highest BCUT2D eigenvalue weighted by Gasteiger charge is 2.46. The maximum atomic E-state index is 7.06. The molecule has 5 aromatic rings. The van der Waals surface area contributed by atoms with Gasteiger partial charge in [-0.1, -0.05) is 134 Å². The monoisotopic (exact) mass is 718 g/mol. The van der Waals surface area contributed by atoms with Crippen LogP contribution >= 0.6 is 11.6 Å². The molecular weight excluding hydrogens is 672 g/mol. The second kappa shape index (κ2) is 18.2. The average Bonchev–Trinajstić information content (AvgIpc) is 3.70. The van der Waals surface area contributed by atoms with Crippen LogP contribution in [0.1, 0.15) is 52.8 Å². The van der Waals surface area contributed by atoms with Gasteiger partial charge >= 0.3 is 0 Å². The summed E-state index contributed by atoms with van der Waals surface area (Å²) in [5.41, 5.74) is 6.51. The third-order valence-corrected chi connectivity index (χ3v) is 10.3. The summed E-state index contributed by atoms with van der Waals surface area (Å²) < 4.78 is 38.5. The summed E-state index contributed by atoms with van der Waals surface area (Å²) in [5, 5.41) is 0.713. The Morgan fingerprint density at radius 2 is 1.29 bits per heavy atom. The quantitative estimate of drug-likeness (QED) is 0.108. The summed E-state index contributed by atoms with van der Waals surface area (Å²) in [6.07, 6.45) is 0.434. The molecule has 2 aliphatic rings. The summed E-state index contributed by atoms with van der Waals surface area (Å²) in [7, 11) is 0. The van der Waals surface area contributed by atoms with E-state index in [4.69, 9.17) is 40.0 Å². The molecule has 0 amide bonds. The van der Waals surface area contributed by atoms with Crippen molar-refractivity contribution in [2.75, 3.05) is 19.8 Å². The van der Waals surface area contributed by atoms with Gasteiger partial charge in [0.15, 0.2) is 0 Å². The molecule has 270 valence electrons. The zero-order valence-corrected chi connectivity index (χ0v) is 30.4. The van der Waals surface area contributed by atoms with E-state index in [1.54, 1.807) is 0 Å². The molecule has 7 rings (SSSR count). The molecule has 52 heavy (non-hydrogen) atoms. The van der Waals surface area contributed by atoms with Crippen LogP contribution in [0.15, 0.2) is 133 Å². The fraction of sp³-hybridized carbons (Fsp3) is 0.333. The summed E-state index contributed by atoms with van der Waals surface area (Å²) in [5.74, 6) is 0.833. The third kappa shape index (κ3) is 9.69. The van der Waals surface area contributed by atoms with E-state index < -0.39 is 0 Å². The Labute approximate surface area is 312 Å². The summed E-state index contributed by atoms with van der Waals surface area (Å²) >= 11 is 6.86. The van der Waals surface area contributed by atoms with E-state index >= 15 is 0 Å². The number of rotatable bonds is 15. The first-order chi connectivity index (χ1) is 25.6. The molecule has 0 aromatic heterocycles. The van der Waals surface area contributed by atoms with E-state index in [0.717, 1.165) is 52.2 Å². The van der Waals surface area contributed by atoms with E-state index in [-0.39, 0.29) is 36.4 Å². The standard InChI is InChI=1S/C45H47ClO6/c1-32-43(49-28-35-13-7-3-8-14-35)42(31-48-27-34-11-5-2-6-12-34)52-45(44(32)50-29-36-15-9-4-10-16-36)37-19-22-41(46)38(26-37)25-33-17-20-39(21-18-33)51-40-23-24-47-30-40/h2-22,26,32,40,42-45H,23-25,27-31H2,1H3/t32-,40+,42-,43+,44-,45+/m1/s1. The molecule has 0 unspecified atom stereocenters. The average molecular weight is 719 g/mol. The molecule has 6 nitrogen and oxygen atoms in total. The van der Waals surface area contributed by atoms with Gasteiger partial charge in [0, 0.05) is 17.4 Å². The highest BCUT2D eigenvalue weighted by Crippen LogP contribution is 2.41. The van der Waals surface area contributed by atoms with Crippen molar-refractivity contribution in [1.29, 1.82) is 0 Å². The Balaban J connectivity index is 1.14. The molecule has 0 bridgehead atoms. The van der Waals surface area contributed by atoms with E-state index in [9.17, 15) is 0 Å². The first-order valence-corrected chi connectivity index (χ1v) is 18.7. The third-order valence-electron chi connectivity index (χ3n) is 9.89. The topological polar surface area (TPSA) is 55.4 Å². The summed E-state index contributed by atoms with van der Waals surface area (Å²) in [6, 6.07) is 45.2. The van der Waals surface area contributed by atoms with Crippen molar-refractivity contribution < 1.29 is 28.4 Å². The van der Waals surface area contributed by atoms with Gasteiger partial charge < -0.3 is 28.4 Å². The van der Waals surface area contributed by atoms with Crippen molar-refractivity contribution in [3.8, 4) is 5.75 Å². The molecule has 0 radical (unpaired) electrons. The Morgan fingerprint density at radius 3 is 1.90 bits per heavy atom.